The van der Waals surface area contributed by atoms with E-state index in [9.17, 15) is 4.79 Å². The highest BCUT2D eigenvalue weighted by molar-refractivity contribution is 5.72. The molecule has 0 aromatic carbocycles. The van der Waals surface area contributed by atoms with Crippen LogP contribution in [-0.4, -0.2) is 57.1 Å². The number of nitrogens with zero attached hydrogens (tertiary/aromatic N) is 1. The van der Waals surface area contributed by atoms with E-state index in [0.717, 1.165) is 51.9 Å². The lowest BCUT2D eigenvalue weighted by Crippen LogP contribution is -2.41. The second kappa shape index (κ2) is 7.82. The molecule has 2 fully saturated rings. The Kier molecular flexibility index (Phi) is 6.07. The number of esters is 1. The Morgan fingerprint density at radius 3 is 2.95 bits per heavy atom. The third-order valence-corrected chi connectivity index (χ3v) is 3.89. The molecule has 5 heteroatoms. The van der Waals surface area contributed by atoms with Gasteiger partial charge in [-0.25, -0.2) is 0 Å². The minimum atomic E-state index is -0.0822. The first kappa shape index (κ1) is 14.8. The van der Waals surface area contributed by atoms with Gasteiger partial charge in [-0.3, -0.25) is 4.79 Å². The molecule has 2 aliphatic rings. The van der Waals surface area contributed by atoms with Gasteiger partial charge in [0.1, 0.15) is 0 Å². The van der Waals surface area contributed by atoms with Gasteiger partial charge in [0.05, 0.1) is 19.6 Å². The number of methoxy groups -OCH3 is 1. The van der Waals surface area contributed by atoms with Crippen LogP contribution in [0.25, 0.3) is 0 Å². The van der Waals surface area contributed by atoms with Gasteiger partial charge in [0, 0.05) is 19.7 Å². The first-order chi connectivity index (χ1) is 9.29. The number of hydrogen-bond acceptors (Lipinski definition) is 5. The molecule has 2 unspecified atom stereocenters. The van der Waals surface area contributed by atoms with Crippen molar-refractivity contribution in [3.05, 3.63) is 0 Å². The van der Waals surface area contributed by atoms with Crippen molar-refractivity contribution in [1.82, 2.24) is 4.90 Å². The van der Waals surface area contributed by atoms with E-state index in [-0.39, 0.29) is 18.2 Å². The lowest BCUT2D eigenvalue weighted by molar-refractivity contribution is -0.165. The van der Waals surface area contributed by atoms with Gasteiger partial charge in [-0.05, 0) is 38.6 Å². The number of piperidine rings is 1. The second-order valence-corrected chi connectivity index (χ2v) is 5.33. The fraction of sp³-hybridized carbons (Fsp3) is 0.929. The van der Waals surface area contributed by atoms with E-state index < -0.39 is 0 Å². The molecular weight excluding hydrogens is 246 g/mol. The van der Waals surface area contributed by atoms with Crippen molar-refractivity contribution in [2.75, 3.05) is 40.0 Å². The van der Waals surface area contributed by atoms with Gasteiger partial charge >= 0.3 is 5.97 Å². The Morgan fingerprint density at radius 2 is 2.21 bits per heavy atom. The first-order valence-corrected chi connectivity index (χ1v) is 7.33. The highest BCUT2D eigenvalue weighted by Crippen LogP contribution is 2.18. The zero-order valence-corrected chi connectivity index (χ0v) is 11.8. The Labute approximate surface area is 115 Å². The quantitative estimate of drug-likeness (QED) is 0.708. The highest BCUT2D eigenvalue weighted by atomic mass is 16.7. The van der Waals surface area contributed by atoms with E-state index in [1.54, 1.807) is 0 Å². The standard InChI is InChI=1S/C14H25NO4/c1-17-14(16)12-5-4-7-15(11-12)8-10-19-13-6-2-3-9-18-13/h12-13H,2-11H2,1H3. The third kappa shape index (κ3) is 4.75. The summed E-state index contributed by atoms with van der Waals surface area (Å²) in [6.07, 6.45) is 5.32. The van der Waals surface area contributed by atoms with E-state index >= 15 is 0 Å². The molecule has 0 bridgehead atoms. The van der Waals surface area contributed by atoms with Crippen LogP contribution in [0.15, 0.2) is 0 Å². The van der Waals surface area contributed by atoms with Gasteiger partial charge in [0.15, 0.2) is 6.29 Å². The number of carbonyl (C=O) groups excluding carboxylic acids is 1. The van der Waals surface area contributed by atoms with E-state index in [4.69, 9.17) is 14.2 Å². The molecule has 0 aromatic rings. The van der Waals surface area contributed by atoms with Crippen molar-refractivity contribution in [3.63, 3.8) is 0 Å². The molecule has 2 aliphatic heterocycles. The summed E-state index contributed by atoms with van der Waals surface area (Å²) in [7, 11) is 1.46. The summed E-state index contributed by atoms with van der Waals surface area (Å²) < 4.78 is 16.1. The predicted octanol–water partition coefficient (Wildman–Crippen LogP) is 1.41. The maximum Gasteiger partial charge on any atom is 0.309 e. The van der Waals surface area contributed by atoms with Gasteiger partial charge in [0.2, 0.25) is 0 Å². The molecule has 0 spiro atoms. The van der Waals surface area contributed by atoms with Crippen LogP contribution in [0.4, 0.5) is 0 Å². The Balaban J connectivity index is 1.63. The molecular formula is C14H25NO4. The second-order valence-electron chi connectivity index (χ2n) is 5.33. The summed E-state index contributed by atoms with van der Waals surface area (Å²) in [5.74, 6) is -0.0501. The van der Waals surface area contributed by atoms with Crippen LogP contribution in [0, 0.1) is 5.92 Å². The van der Waals surface area contributed by atoms with Crippen LogP contribution in [-0.2, 0) is 19.0 Å². The Morgan fingerprint density at radius 1 is 1.32 bits per heavy atom. The summed E-state index contributed by atoms with van der Waals surface area (Å²) in [5, 5.41) is 0. The summed E-state index contributed by atoms with van der Waals surface area (Å²) in [6.45, 7) is 4.20. The number of ether oxygens (including phenoxy) is 3. The summed E-state index contributed by atoms with van der Waals surface area (Å²) in [6, 6.07) is 0. The van der Waals surface area contributed by atoms with Crippen LogP contribution in [0.2, 0.25) is 0 Å². The van der Waals surface area contributed by atoms with E-state index in [0.29, 0.717) is 6.61 Å². The van der Waals surface area contributed by atoms with Gasteiger partial charge in [-0.2, -0.15) is 0 Å². The lowest BCUT2D eigenvalue weighted by Gasteiger charge is -2.31. The molecule has 5 nitrogen and oxygen atoms in total. The van der Waals surface area contributed by atoms with Crippen LogP contribution in [0.5, 0.6) is 0 Å². The van der Waals surface area contributed by atoms with Crippen molar-refractivity contribution in [2.45, 2.75) is 38.4 Å². The van der Waals surface area contributed by atoms with Gasteiger partial charge in [-0.15, -0.1) is 0 Å². The van der Waals surface area contributed by atoms with Crippen molar-refractivity contribution in [2.24, 2.45) is 5.92 Å². The average Bonchev–Trinajstić information content (AvgIpc) is 2.48. The number of hydrogen-bond donors (Lipinski definition) is 0. The van der Waals surface area contributed by atoms with Gasteiger partial charge < -0.3 is 19.1 Å². The maximum absolute atomic E-state index is 11.5. The molecule has 0 aromatic heterocycles. The fourth-order valence-electron chi connectivity index (χ4n) is 2.77. The number of carbonyl (C=O) groups is 1. The molecule has 110 valence electrons. The van der Waals surface area contributed by atoms with Gasteiger partial charge in [0.25, 0.3) is 0 Å². The SMILES string of the molecule is COC(=O)C1CCCN(CCOC2CCCCO2)C1. The average molecular weight is 271 g/mol. The van der Waals surface area contributed by atoms with Crippen molar-refractivity contribution >= 4 is 5.97 Å². The van der Waals surface area contributed by atoms with E-state index in [1.165, 1.54) is 13.5 Å². The van der Waals surface area contributed by atoms with Crippen molar-refractivity contribution in [1.29, 1.82) is 0 Å². The highest BCUT2D eigenvalue weighted by Gasteiger charge is 2.26. The lowest BCUT2D eigenvalue weighted by atomic mass is 9.98. The summed E-state index contributed by atoms with van der Waals surface area (Å²) in [4.78, 5) is 13.8. The summed E-state index contributed by atoms with van der Waals surface area (Å²) >= 11 is 0. The molecule has 0 amide bonds. The Bertz CT molecular complexity index is 279. The van der Waals surface area contributed by atoms with Crippen molar-refractivity contribution in [3.8, 4) is 0 Å². The molecule has 2 saturated heterocycles. The predicted molar refractivity (Wildman–Crippen MR) is 70.7 cm³/mol. The zero-order chi connectivity index (χ0) is 13.5. The smallest absolute Gasteiger partial charge is 0.309 e. The molecule has 0 N–H and O–H groups in total. The molecule has 0 aliphatic carbocycles. The summed E-state index contributed by atoms with van der Waals surface area (Å²) in [5.41, 5.74) is 0. The van der Waals surface area contributed by atoms with Crippen LogP contribution in [0.1, 0.15) is 32.1 Å². The van der Waals surface area contributed by atoms with E-state index in [2.05, 4.69) is 4.90 Å². The largest absolute Gasteiger partial charge is 0.469 e. The third-order valence-electron chi connectivity index (χ3n) is 3.89. The van der Waals surface area contributed by atoms with Crippen LogP contribution in [0.3, 0.4) is 0 Å². The minimum absolute atomic E-state index is 0.0186. The zero-order valence-electron chi connectivity index (χ0n) is 11.8. The fourth-order valence-corrected chi connectivity index (χ4v) is 2.77. The topological polar surface area (TPSA) is 48.0 Å². The number of rotatable bonds is 5. The van der Waals surface area contributed by atoms with Crippen LogP contribution >= 0.6 is 0 Å². The number of likely N-dealkylation sites (tertiary alicyclic amines) is 1. The molecule has 2 atom stereocenters. The molecule has 19 heavy (non-hydrogen) atoms. The van der Waals surface area contributed by atoms with E-state index in [1.807, 2.05) is 0 Å². The van der Waals surface area contributed by atoms with Crippen LogP contribution < -0.4 is 0 Å². The Hall–Kier alpha value is -0.650. The molecule has 2 rings (SSSR count). The molecule has 0 radical (unpaired) electrons. The monoisotopic (exact) mass is 271 g/mol. The minimum Gasteiger partial charge on any atom is -0.469 e. The first-order valence-electron chi connectivity index (χ1n) is 7.33. The van der Waals surface area contributed by atoms with Crippen molar-refractivity contribution < 1.29 is 19.0 Å². The molecule has 2 heterocycles. The maximum atomic E-state index is 11.5. The molecule has 0 saturated carbocycles. The normalized spacial score (nSPS) is 29.1. The van der Waals surface area contributed by atoms with Gasteiger partial charge in [-0.1, -0.05) is 0 Å².